The van der Waals surface area contributed by atoms with Crippen molar-refractivity contribution in [2.24, 2.45) is 5.92 Å². The summed E-state index contributed by atoms with van der Waals surface area (Å²) >= 11 is 0. The van der Waals surface area contributed by atoms with E-state index in [-0.39, 0.29) is 43.1 Å². The Morgan fingerprint density at radius 1 is 1.34 bits per heavy atom. The van der Waals surface area contributed by atoms with Gasteiger partial charge in [0.15, 0.2) is 0 Å². The number of nitrogens with zero attached hydrogens (tertiary/aromatic N) is 2. The second-order valence-corrected chi connectivity index (χ2v) is 10.7. The van der Waals surface area contributed by atoms with E-state index in [1.54, 1.807) is 24.0 Å². The zero-order valence-corrected chi connectivity index (χ0v) is 20.3. The molecule has 1 aliphatic heterocycles. The van der Waals surface area contributed by atoms with Crippen molar-refractivity contribution in [3.05, 3.63) is 23.8 Å². The van der Waals surface area contributed by atoms with Gasteiger partial charge in [-0.3, -0.25) is 4.79 Å². The highest BCUT2D eigenvalue weighted by molar-refractivity contribution is 7.88. The van der Waals surface area contributed by atoms with Crippen molar-refractivity contribution < 1.29 is 27.9 Å². The molecule has 0 saturated heterocycles. The fourth-order valence-corrected chi connectivity index (χ4v) is 3.75. The molecule has 3 atom stereocenters. The van der Waals surface area contributed by atoms with E-state index in [0.717, 1.165) is 6.26 Å². The topological polar surface area (TPSA) is 128 Å². The third kappa shape index (κ3) is 6.57. The van der Waals surface area contributed by atoms with Crippen LogP contribution in [0.2, 0.25) is 0 Å². The van der Waals surface area contributed by atoms with Gasteiger partial charge in [-0.1, -0.05) is 6.92 Å². The smallest absolute Gasteiger partial charge is 0.319 e. The lowest BCUT2D eigenvalue weighted by molar-refractivity contribution is 0.0387. The number of hydrogen-bond acceptors (Lipinski definition) is 6. The van der Waals surface area contributed by atoms with Gasteiger partial charge in [-0.05, 0) is 39.0 Å². The predicted octanol–water partition coefficient (Wildman–Crippen LogP) is 1.33. The van der Waals surface area contributed by atoms with E-state index >= 15 is 0 Å². The average Bonchev–Trinajstić information content (AvgIpc) is 2.69. The van der Waals surface area contributed by atoms with Gasteiger partial charge in [-0.2, -0.15) is 0 Å². The summed E-state index contributed by atoms with van der Waals surface area (Å²) < 4.78 is 31.2. The van der Waals surface area contributed by atoms with Crippen LogP contribution in [0.25, 0.3) is 0 Å². The van der Waals surface area contributed by atoms with Gasteiger partial charge in [0, 0.05) is 31.2 Å². The number of benzene rings is 1. The van der Waals surface area contributed by atoms with Gasteiger partial charge in [0.1, 0.15) is 11.9 Å². The number of hydrogen-bond donors (Lipinski definition) is 3. The van der Waals surface area contributed by atoms with Crippen LogP contribution in [-0.4, -0.2) is 85.9 Å². The van der Waals surface area contributed by atoms with Gasteiger partial charge < -0.3 is 25.4 Å². The second kappa shape index (κ2) is 10.5. The summed E-state index contributed by atoms with van der Waals surface area (Å²) in [4.78, 5) is 27.0. The van der Waals surface area contributed by atoms with Gasteiger partial charge >= 0.3 is 6.03 Å². The first-order valence-corrected chi connectivity index (χ1v) is 12.4. The molecule has 3 N–H and O–H groups in total. The molecule has 3 amide bonds. The number of carbonyl (C=O) groups excluding carboxylic acids is 2. The average molecular weight is 471 g/mol. The Balaban J connectivity index is 2.44. The van der Waals surface area contributed by atoms with Crippen molar-refractivity contribution >= 4 is 27.6 Å². The minimum absolute atomic E-state index is 0.0562. The van der Waals surface area contributed by atoms with E-state index in [2.05, 4.69) is 10.6 Å². The molecular formula is C21H34N4O6S. The number of amides is 3. The van der Waals surface area contributed by atoms with Gasteiger partial charge in [-0.15, -0.1) is 0 Å². The van der Waals surface area contributed by atoms with Crippen LogP contribution in [0.15, 0.2) is 18.2 Å². The van der Waals surface area contributed by atoms with E-state index in [0.29, 0.717) is 11.4 Å². The number of likely N-dealkylation sites (N-methyl/N-ethyl adjacent to an activating group) is 1. The zero-order chi connectivity index (χ0) is 24.2. The van der Waals surface area contributed by atoms with Crippen molar-refractivity contribution in [1.29, 1.82) is 0 Å². The maximum absolute atomic E-state index is 13.3. The van der Waals surface area contributed by atoms with E-state index in [9.17, 15) is 23.1 Å². The van der Waals surface area contributed by atoms with E-state index in [1.807, 2.05) is 20.8 Å². The van der Waals surface area contributed by atoms with Crippen molar-refractivity contribution in [3.8, 4) is 5.75 Å². The summed E-state index contributed by atoms with van der Waals surface area (Å²) in [5.74, 6) is -0.255. The highest BCUT2D eigenvalue weighted by Crippen LogP contribution is 2.30. The van der Waals surface area contributed by atoms with Crippen LogP contribution in [0.3, 0.4) is 0 Å². The Hall–Kier alpha value is -2.37. The first-order valence-electron chi connectivity index (χ1n) is 10.5. The second-order valence-electron chi connectivity index (χ2n) is 8.63. The highest BCUT2D eigenvalue weighted by atomic mass is 32.2. The fourth-order valence-electron chi connectivity index (χ4n) is 3.34. The molecule has 0 radical (unpaired) electrons. The van der Waals surface area contributed by atoms with Crippen LogP contribution < -0.4 is 15.4 Å². The van der Waals surface area contributed by atoms with Crippen LogP contribution in [0.5, 0.6) is 5.75 Å². The quantitative estimate of drug-likeness (QED) is 0.552. The first-order chi connectivity index (χ1) is 14.8. The Labute approximate surface area is 190 Å². The molecule has 1 aromatic rings. The number of fused-ring (bicyclic) bond motifs is 1. The van der Waals surface area contributed by atoms with E-state index < -0.39 is 28.2 Å². The van der Waals surface area contributed by atoms with Crippen molar-refractivity contribution in [3.63, 3.8) is 0 Å². The molecule has 0 bridgehead atoms. The third-order valence-electron chi connectivity index (χ3n) is 5.35. The van der Waals surface area contributed by atoms with Crippen molar-refractivity contribution in [2.45, 2.75) is 45.9 Å². The minimum Gasteiger partial charge on any atom is -0.488 e. The highest BCUT2D eigenvalue weighted by Gasteiger charge is 2.34. The molecule has 180 valence electrons. The SMILES string of the molecule is CC(C)NC(=O)Nc1ccc2c(c1)C(=O)N([C@H](C)CO)C[C@H](C)[C@H](CN(C)S(C)(=O)=O)O2. The molecule has 0 unspecified atom stereocenters. The molecule has 1 aliphatic rings. The number of aliphatic hydroxyl groups is 1. The van der Waals surface area contributed by atoms with E-state index in [1.165, 1.54) is 17.4 Å². The number of ether oxygens (including phenoxy) is 1. The number of aliphatic hydroxyl groups excluding tert-OH is 1. The molecule has 10 nitrogen and oxygen atoms in total. The molecule has 1 aromatic carbocycles. The van der Waals surface area contributed by atoms with E-state index in [4.69, 9.17) is 4.74 Å². The largest absolute Gasteiger partial charge is 0.488 e. The summed E-state index contributed by atoms with van der Waals surface area (Å²) in [6.07, 6.45) is 0.594. The number of anilines is 1. The number of carbonyl (C=O) groups is 2. The van der Waals surface area contributed by atoms with Crippen LogP contribution >= 0.6 is 0 Å². The zero-order valence-electron chi connectivity index (χ0n) is 19.5. The monoisotopic (exact) mass is 470 g/mol. The molecular weight excluding hydrogens is 436 g/mol. The van der Waals surface area contributed by atoms with Gasteiger partial charge in [0.05, 0.1) is 31.0 Å². The van der Waals surface area contributed by atoms with Gasteiger partial charge in [-0.25, -0.2) is 17.5 Å². The summed E-state index contributed by atoms with van der Waals surface area (Å²) in [5.41, 5.74) is 0.639. The predicted molar refractivity (Wildman–Crippen MR) is 122 cm³/mol. The standard InChI is InChI=1S/C21H34N4O6S/c1-13(2)22-21(28)23-16-7-8-18-17(9-16)20(27)25(15(4)12-26)10-14(3)19(31-18)11-24(5)32(6,29)30/h7-9,13-15,19,26H,10-12H2,1-6H3,(H2,22,23,28)/t14-,15+,19-/m0/s1. The maximum atomic E-state index is 13.3. The Bertz CT molecular complexity index is 936. The Morgan fingerprint density at radius 2 is 2.00 bits per heavy atom. The summed E-state index contributed by atoms with van der Waals surface area (Å²) in [6, 6.07) is 3.83. The van der Waals surface area contributed by atoms with Gasteiger partial charge in [0.25, 0.3) is 5.91 Å². The number of nitrogens with one attached hydrogen (secondary N) is 2. The summed E-state index contributed by atoms with van der Waals surface area (Å²) in [5, 5.41) is 15.1. The lowest BCUT2D eigenvalue weighted by Crippen LogP contribution is -2.50. The fraction of sp³-hybridized carbons (Fsp3) is 0.619. The van der Waals surface area contributed by atoms with Crippen LogP contribution in [0.4, 0.5) is 10.5 Å². The lowest BCUT2D eigenvalue weighted by atomic mass is 9.99. The Morgan fingerprint density at radius 3 is 2.56 bits per heavy atom. The maximum Gasteiger partial charge on any atom is 0.319 e. The van der Waals surface area contributed by atoms with Gasteiger partial charge in [0.2, 0.25) is 10.0 Å². The number of urea groups is 1. The number of sulfonamides is 1. The molecule has 2 rings (SSSR count). The normalized spacial score (nSPS) is 20.3. The molecule has 0 aromatic heterocycles. The first kappa shape index (κ1) is 25.9. The molecule has 0 fully saturated rings. The van der Waals surface area contributed by atoms with Crippen LogP contribution in [0, 0.1) is 5.92 Å². The summed E-state index contributed by atoms with van der Waals surface area (Å²) in [6.45, 7) is 7.43. The number of rotatable bonds is 7. The molecule has 0 spiro atoms. The summed E-state index contributed by atoms with van der Waals surface area (Å²) in [7, 11) is -1.94. The third-order valence-corrected chi connectivity index (χ3v) is 6.63. The molecule has 0 saturated carbocycles. The molecule has 1 heterocycles. The lowest BCUT2D eigenvalue weighted by Gasteiger charge is -2.38. The molecule has 11 heteroatoms. The Kier molecular flexibility index (Phi) is 8.49. The van der Waals surface area contributed by atoms with Crippen LogP contribution in [-0.2, 0) is 10.0 Å². The molecule has 0 aliphatic carbocycles. The van der Waals surface area contributed by atoms with Crippen molar-refractivity contribution in [2.75, 3.05) is 38.3 Å². The van der Waals surface area contributed by atoms with Crippen LogP contribution in [0.1, 0.15) is 38.1 Å². The molecule has 32 heavy (non-hydrogen) atoms. The van der Waals surface area contributed by atoms with Crippen molar-refractivity contribution in [1.82, 2.24) is 14.5 Å². The minimum atomic E-state index is -3.42.